The number of H-pyrrole nitrogens is 1. The Balaban J connectivity index is 1.50. The molecule has 1 atom stereocenters. The second-order valence-corrected chi connectivity index (χ2v) is 6.37. The number of aryl methyl sites for hydroxylation is 1. The number of nitrogens with one attached hydrogen (secondary N) is 1. The summed E-state index contributed by atoms with van der Waals surface area (Å²) in [5.41, 5.74) is 3.49. The molecular formula is C17H21N7. The average Bonchev–Trinajstić information content (AvgIpc) is 3.28. The van der Waals surface area contributed by atoms with Crippen molar-refractivity contribution >= 4 is 0 Å². The van der Waals surface area contributed by atoms with Crippen molar-refractivity contribution in [3.63, 3.8) is 0 Å². The lowest BCUT2D eigenvalue weighted by Gasteiger charge is -2.32. The fourth-order valence-corrected chi connectivity index (χ4v) is 3.30. The molecule has 0 radical (unpaired) electrons. The first-order valence-electron chi connectivity index (χ1n) is 8.31. The number of aromatic amines is 1. The summed E-state index contributed by atoms with van der Waals surface area (Å²) in [7, 11) is 0. The van der Waals surface area contributed by atoms with Gasteiger partial charge in [0.15, 0.2) is 5.82 Å². The number of aromatic nitrogens is 6. The molecule has 4 heterocycles. The predicted octanol–water partition coefficient (Wildman–Crippen LogP) is 2.07. The molecule has 7 nitrogen and oxygen atoms in total. The number of nitrogens with zero attached hydrogens (tertiary/aromatic N) is 6. The van der Waals surface area contributed by atoms with Crippen LogP contribution in [0.25, 0.3) is 5.82 Å². The van der Waals surface area contributed by atoms with Gasteiger partial charge in [0.05, 0.1) is 18.1 Å². The van der Waals surface area contributed by atoms with Crippen molar-refractivity contribution in [2.75, 3.05) is 13.1 Å². The zero-order valence-corrected chi connectivity index (χ0v) is 13.8. The quantitative estimate of drug-likeness (QED) is 0.795. The maximum Gasteiger partial charge on any atom is 0.156 e. The zero-order chi connectivity index (χ0) is 16.4. The van der Waals surface area contributed by atoms with E-state index in [1.165, 1.54) is 12.0 Å². The van der Waals surface area contributed by atoms with Crippen LogP contribution in [-0.4, -0.2) is 47.7 Å². The van der Waals surface area contributed by atoms with Crippen molar-refractivity contribution in [3.8, 4) is 5.82 Å². The monoisotopic (exact) mass is 323 g/mol. The van der Waals surface area contributed by atoms with Gasteiger partial charge in [-0.05, 0) is 26.3 Å². The molecule has 3 aromatic heterocycles. The second kappa shape index (κ2) is 6.52. The lowest BCUT2D eigenvalue weighted by Crippen LogP contribution is -2.34. The van der Waals surface area contributed by atoms with Gasteiger partial charge in [0.2, 0.25) is 0 Å². The highest BCUT2D eigenvalue weighted by Crippen LogP contribution is 2.26. The molecule has 1 fully saturated rings. The van der Waals surface area contributed by atoms with Gasteiger partial charge in [0.25, 0.3) is 0 Å². The Hall–Kier alpha value is -2.54. The van der Waals surface area contributed by atoms with Crippen LogP contribution >= 0.6 is 0 Å². The molecule has 0 unspecified atom stereocenters. The minimum atomic E-state index is 0.418. The molecule has 1 aliphatic rings. The highest BCUT2D eigenvalue weighted by molar-refractivity contribution is 5.22. The van der Waals surface area contributed by atoms with E-state index in [1.54, 1.807) is 18.7 Å². The third-order valence-corrected chi connectivity index (χ3v) is 4.66. The SMILES string of the molecule is Cc1[nH]ncc1CN1CCC[C@@H](c2cncc(-n3ccnc3)n2)C1. The van der Waals surface area contributed by atoms with Crippen LogP contribution in [0.15, 0.2) is 37.3 Å². The number of likely N-dealkylation sites (tertiary alicyclic amines) is 1. The number of piperidine rings is 1. The van der Waals surface area contributed by atoms with E-state index >= 15 is 0 Å². The summed E-state index contributed by atoms with van der Waals surface area (Å²) in [6.07, 6.45) is 13.3. The molecule has 0 amide bonds. The molecular weight excluding hydrogens is 302 g/mol. The third-order valence-electron chi connectivity index (χ3n) is 4.66. The van der Waals surface area contributed by atoms with Gasteiger partial charge in [-0.3, -0.25) is 19.5 Å². The highest BCUT2D eigenvalue weighted by atomic mass is 15.2. The Kier molecular flexibility index (Phi) is 4.08. The summed E-state index contributed by atoms with van der Waals surface area (Å²) in [5, 5.41) is 7.14. The molecule has 1 saturated heterocycles. The molecule has 4 rings (SSSR count). The summed E-state index contributed by atoms with van der Waals surface area (Å²) >= 11 is 0. The summed E-state index contributed by atoms with van der Waals surface area (Å²) in [4.78, 5) is 15.8. The first kappa shape index (κ1) is 15.0. The van der Waals surface area contributed by atoms with Gasteiger partial charge in [0.1, 0.15) is 6.33 Å². The summed E-state index contributed by atoms with van der Waals surface area (Å²) in [6, 6.07) is 0. The molecule has 0 spiro atoms. The van der Waals surface area contributed by atoms with Crippen LogP contribution in [0.2, 0.25) is 0 Å². The minimum absolute atomic E-state index is 0.418. The van der Waals surface area contributed by atoms with E-state index in [4.69, 9.17) is 4.98 Å². The Morgan fingerprint density at radius 2 is 2.21 bits per heavy atom. The Morgan fingerprint density at radius 3 is 3.00 bits per heavy atom. The molecule has 24 heavy (non-hydrogen) atoms. The third kappa shape index (κ3) is 3.07. The molecule has 124 valence electrons. The van der Waals surface area contributed by atoms with E-state index in [0.29, 0.717) is 5.92 Å². The van der Waals surface area contributed by atoms with E-state index in [9.17, 15) is 0 Å². The standard InChI is InChI=1S/C17H21N7/c1-13-15(7-20-22-13)11-23-5-2-3-14(10-23)16-8-19-9-17(21-16)24-6-4-18-12-24/h4,6-9,12,14H,2-3,5,10-11H2,1H3,(H,20,22)/t14-/m1/s1. The van der Waals surface area contributed by atoms with E-state index in [0.717, 1.165) is 43.3 Å². The zero-order valence-electron chi connectivity index (χ0n) is 13.8. The van der Waals surface area contributed by atoms with Crippen molar-refractivity contribution in [1.29, 1.82) is 0 Å². The largest absolute Gasteiger partial charge is 0.298 e. The molecule has 3 aromatic rings. The van der Waals surface area contributed by atoms with Crippen molar-refractivity contribution in [1.82, 2.24) is 34.6 Å². The van der Waals surface area contributed by atoms with Crippen molar-refractivity contribution in [2.45, 2.75) is 32.2 Å². The molecule has 7 heteroatoms. The number of rotatable bonds is 4. The molecule has 1 N–H and O–H groups in total. The normalized spacial score (nSPS) is 18.8. The number of hydrogen-bond donors (Lipinski definition) is 1. The second-order valence-electron chi connectivity index (χ2n) is 6.37. The molecule has 1 aliphatic heterocycles. The molecule has 0 saturated carbocycles. The highest BCUT2D eigenvalue weighted by Gasteiger charge is 2.23. The van der Waals surface area contributed by atoms with E-state index in [2.05, 4.69) is 32.0 Å². The van der Waals surface area contributed by atoms with Gasteiger partial charge in [-0.25, -0.2) is 9.97 Å². The van der Waals surface area contributed by atoms with Crippen LogP contribution in [0.1, 0.15) is 35.7 Å². The maximum atomic E-state index is 4.80. The van der Waals surface area contributed by atoms with Crippen LogP contribution in [0.4, 0.5) is 0 Å². The summed E-state index contributed by atoms with van der Waals surface area (Å²) in [6.45, 7) is 5.14. The van der Waals surface area contributed by atoms with Gasteiger partial charge in [-0.15, -0.1) is 0 Å². The van der Waals surface area contributed by atoms with Crippen molar-refractivity contribution in [3.05, 3.63) is 54.3 Å². The van der Waals surface area contributed by atoms with Gasteiger partial charge in [0, 0.05) is 48.9 Å². The fourth-order valence-electron chi connectivity index (χ4n) is 3.30. The first-order chi connectivity index (χ1) is 11.8. The molecule has 0 aliphatic carbocycles. The minimum Gasteiger partial charge on any atom is -0.298 e. The Labute approximate surface area is 140 Å². The molecule has 0 bridgehead atoms. The van der Waals surface area contributed by atoms with Gasteiger partial charge in [-0.2, -0.15) is 5.10 Å². The van der Waals surface area contributed by atoms with Gasteiger partial charge >= 0.3 is 0 Å². The van der Waals surface area contributed by atoms with Crippen molar-refractivity contribution in [2.24, 2.45) is 0 Å². The van der Waals surface area contributed by atoms with Crippen LogP contribution < -0.4 is 0 Å². The van der Waals surface area contributed by atoms with Gasteiger partial charge < -0.3 is 0 Å². The Bertz CT molecular complexity index is 793. The fraction of sp³-hybridized carbons (Fsp3) is 0.412. The average molecular weight is 323 g/mol. The predicted molar refractivity (Wildman–Crippen MR) is 89.7 cm³/mol. The smallest absolute Gasteiger partial charge is 0.156 e. The van der Waals surface area contributed by atoms with E-state index < -0.39 is 0 Å². The first-order valence-corrected chi connectivity index (χ1v) is 8.31. The number of imidazole rings is 1. The summed E-state index contributed by atoms with van der Waals surface area (Å²) < 4.78 is 1.89. The summed E-state index contributed by atoms with van der Waals surface area (Å²) in [5.74, 6) is 1.25. The number of hydrogen-bond acceptors (Lipinski definition) is 5. The van der Waals surface area contributed by atoms with E-state index in [1.807, 2.05) is 23.2 Å². The lowest BCUT2D eigenvalue weighted by atomic mass is 9.94. The topological polar surface area (TPSA) is 75.5 Å². The lowest BCUT2D eigenvalue weighted by molar-refractivity contribution is 0.198. The van der Waals surface area contributed by atoms with Crippen LogP contribution in [0.5, 0.6) is 0 Å². The van der Waals surface area contributed by atoms with E-state index in [-0.39, 0.29) is 0 Å². The van der Waals surface area contributed by atoms with Crippen LogP contribution in [0, 0.1) is 6.92 Å². The maximum absolute atomic E-state index is 4.80. The van der Waals surface area contributed by atoms with Crippen LogP contribution in [-0.2, 0) is 6.54 Å². The van der Waals surface area contributed by atoms with Gasteiger partial charge in [-0.1, -0.05) is 0 Å². The van der Waals surface area contributed by atoms with Crippen molar-refractivity contribution < 1.29 is 0 Å². The van der Waals surface area contributed by atoms with Crippen LogP contribution in [0.3, 0.4) is 0 Å². The Morgan fingerprint density at radius 1 is 1.25 bits per heavy atom. The molecule has 0 aromatic carbocycles.